The highest BCUT2D eigenvalue weighted by Gasteiger charge is 2.18. The molecule has 10 heteroatoms. The molecule has 9 nitrogen and oxygen atoms in total. The highest BCUT2D eigenvalue weighted by Crippen LogP contribution is 2.37. The van der Waals surface area contributed by atoms with Gasteiger partial charge in [-0.05, 0) is 36.4 Å². The van der Waals surface area contributed by atoms with Crippen molar-refractivity contribution in [3.63, 3.8) is 0 Å². The first kappa shape index (κ1) is 23.9. The Bertz CT molecular complexity index is 1570. The Morgan fingerprint density at radius 3 is 2.31 bits per heavy atom. The number of fused-ring (bicyclic) bond motifs is 1. The maximum atomic E-state index is 13.2. The molecule has 0 aliphatic heterocycles. The molecule has 0 saturated carbocycles. The van der Waals surface area contributed by atoms with Crippen molar-refractivity contribution in [3.8, 4) is 5.75 Å². The number of amides is 1. The molecule has 0 aliphatic carbocycles. The minimum absolute atomic E-state index is 0.0119. The molecule has 2 N–H and O–H groups in total. The fourth-order valence-corrected chi connectivity index (χ4v) is 4.08. The first-order chi connectivity index (χ1) is 16.6. The van der Waals surface area contributed by atoms with Crippen LogP contribution in [0.4, 0.5) is 22.7 Å². The fourth-order valence-electron chi connectivity index (χ4n) is 3.57. The Balaban J connectivity index is 1.77. The summed E-state index contributed by atoms with van der Waals surface area (Å²) in [6.07, 6.45) is 0. The van der Waals surface area contributed by atoms with E-state index in [1.807, 2.05) is 31.1 Å². The van der Waals surface area contributed by atoms with Gasteiger partial charge in [0.2, 0.25) is 0 Å². The number of phenols is 1. The number of phenolic OH excluding ortho intramolecular Hbond substituents is 1. The zero-order chi connectivity index (χ0) is 25.2. The molecule has 1 amide bonds. The quantitative estimate of drug-likeness (QED) is 0.283. The van der Waals surface area contributed by atoms with Crippen molar-refractivity contribution in [1.29, 1.82) is 0 Å². The molecule has 35 heavy (non-hydrogen) atoms. The summed E-state index contributed by atoms with van der Waals surface area (Å²) in [6, 6.07) is 20.6. The smallest absolute Gasteiger partial charge is 0.259 e. The van der Waals surface area contributed by atoms with Gasteiger partial charge in [0.05, 0.1) is 33.2 Å². The number of hydrogen-bond donors (Lipinski definition) is 2. The summed E-state index contributed by atoms with van der Waals surface area (Å²) < 4.78 is 33.9. The van der Waals surface area contributed by atoms with Gasteiger partial charge in [0.25, 0.3) is 5.91 Å². The number of azo groups is 1. The van der Waals surface area contributed by atoms with E-state index in [0.29, 0.717) is 16.5 Å². The van der Waals surface area contributed by atoms with Gasteiger partial charge in [-0.2, -0.15) is 5.11 Å². The molecule has 0 unspecified atom stereocenters. The largest absolute Gasteiger partial charge is 0.744 e. The average Bonchev–Trinajstić information content (AvgIpc) is 2.83. The number of anilines is 2. The molecule has 0 atom stereocenters. The van der Waals surface area contributed by atoms with Crippen molar-refractivity contribution in [2.75, 3.05) is 24.3 Å². The molecule has 0 saturated heterocycles. The van der Waals surface area contributed by atoms with Gasteiger partial charge >= 0.3 is 0 Å². The van der Waals surface area contributed by atoms with E-state index in [9.17, 15) is 22.9 Å². The van der Waals surface area contributed by atoms with Crippen LogP contribution in [0, 0.1) is 0 Å². The zero-order valence-corrected chi connectivity index (χ0v) is 19.7. The van der Waals surface area contributed by atoms with E-state index >= 15 is 0 Å². The summed E-state index contributed by atoms with van der Waals surface area (Å²) in [5.74, 6) is -0.753. The molecular formula is C25H21N4O5S-. The Morgan fingerprint density at radius 2 is 1.60 bits per heavy atom. The second-order valence-electron chi connectivity index (χ2n) is 7.85. The first-order valence-electron chi connectivity index (χ1n) is 10.5. The van der Waals surface area contributed by atoms with E-state index in [4.69, 9.17) is 0 Å². The van der Waals surface area contributed by atoms with Gasteiger partial charge in [0.15, 0.2) is 0 Å². The van der Waals surface area contributed by atoms with Crippen LogP contribution < -0.4 is 10.2 Å². The predicted molar refractivity (Wildman–Crippen MR) is 133 cm³/mol. The lowest BCUT2D eigenvalue weighted by Crippen LogP contribution is -2.16. The standard InChI is InChI=1S/C25H22N4O5S/c1-29(2)23-13-6-5-12-21(23)26-25(31)20-15-22(18-10-3-4-11-19(18)24(20)30)28-27-16-8-7-9-17(14-16)35(32,33)34/h3-15,30H,1-2H3,(H,26,31)(H,32,33,34)/p-1. The highest BCUT2D eigenvalue weighted by atomic mass is 32.2. The number of hydrogen-bond acceptors (Lipinski definition) is 8. The van der Waals surface area contributed by atoms with Crippen LogP contribution in [0.5, 0.6) is 5.75 Å². The third-order valence-corrected chi connectivity index (χ3v) is 6.08. The molecule has 0 bridgehead atoms. The number of aromatic hydroxyl groups is 1. The molecule has 0 radical (unpaired) electrons. The van der Waals surface area contributed by atoms with E-state index in [2.05, 4.69) is 15.5 Å². The minimum Gasteiger partial charge on any atom is -0.744 e. The van der Waals surface area contributed by atoms with Crippen molar-refractivity contribution in [3.05, 3.63) is 84.4 Å². The van der Waals surface area contributed by atoms with E-state index in [1.165, 1.54) is 24.3 Å². The van der Waals surface area contributed by atoms with Gasteiger partial charge in [-0.15, -0.1) is 5.11 Å². The number of carbonyl (C=O) groups is 1. The fraction of sp³-hybridized carbons (Fsp3) is 0.0800. The summed E-state index contributed by atoms with van der Waals surface area (Å²) in [6.45, 7) is 0. The van der Waals surface area contributed by atoms with E-state index in [-0.39, 0.29) is 22.7 Å². The molecule has 0 heterocycles. The SMILES string of the molecule is CN(C)c1ccccc1NC(=O)c1cc(N=Nc2cccc(S(=O)(=O)[O-])c2)c2ccccc2c1O. The van der Waals surface area contributed by atoms with Gasteiger partial charge in [0.1, 0.15) is 15.9 Å². The number of para-hydroxylation sites is 2. The molecule has 4 aromatic rings. The van der Waals surface area contributed by atoms with E-state index in [1.54, 1.807) is 36.4 Å². The van der Waals surface area contributed by atoms with Gasteiger partial charge in [-0.1, -0.05) is 42.5 Å². The van der Waals surface area contributed by atoms with Crippen molar-refractivity contribution in [2.24, 2.45) is 10.2 Å². The maximum absolute atomic E-state index is 13.2. The molecule has 0 spiro atoms. The van der Waals surface area contributed by atoms with E-state index in [0.717, 1.165) is 11.8 Å². The average molecular weight is 490 g/mol. The molecule has 0 aromatic heterocycles. The lowest BCUT2D eigenvalue weighted by molar-refractivity contribution is 0.102. The lowest BCUT2D eigenvalue weighted by Gasteiger charge is -2.18. The third kappa shape index (κ3) is 5.13. The topological polar surface area (TPSA) is 134 Å². The summed E-state index contributed by atoms with van der Waals surface area (Å²) in [5.41, 5.74) is 1.76. The van der Waals surface area contributed by atoms with Crippen molar-refractivity contribution >= 4 is 49.5 Å². The van der Waals surface area contributed by atoms with Crippen LogP contribution in [0.3, 0.4) is 0 Å². The summed E-state index contributed by atoms with van der Waals surface area (Å²) in [4.78, 5) is 14.6. The van der Waals surface area contributed by atoms with E-state index < -0.39 is 20.9 Å². The van der Waals surface area contributed by atoms with Crippen LogP contribution >= 0.6 is 0 Å². The van der Waals surface area contributed by atoms with Crippen LogP contribution in [0.15, 0.2) is 94.0 Å². The van der Waals surface area contributed by atoms with Gasteiger partial charge < -0.3 is 19.9 Å². The minimum atomic E-state index is -4.65. The normalized spacial score (nSPS) is 11.6. The molecular weight excluding hydrogens is 468 g/mol. The second kappa shape index (κ2) is 9.53. The maximum Gasteiger partial charge on any atom is 0.259 e. The first-order valence-corrected chi connectivity index (χ1v) is 11.9. The Hall–Kier alpha value is -4.28. The van der Waals surface area contributed by atoms with Crippen molar-refractivity contribution in [1.82, 2.24) is 0 Å². The van der Waals surface area contributed by atoms with Gasteiger partial charge in [-0.3, -0.25) is 4.79 Å². The second-order valence-corrected chi connectivity index (χ2v) is 9.23. The summed E-state index contributed by atoms with van der Waals surface area (Å²) in [5, 5.41) is 22.9. The highest BCUT2D eigenvalue weighted by molar-refractivity contribution is 7.85. The van der Waals surface area contributed by atoms with Crippen molar-refractivity contribution in [2.45, 2.75) is 4.90 Å². The molecule has 4 aromatic carbocycles. The summed E-state index contributed by atoms with van der Waals surface area (Å²) in [7, 11) is -0.945. The van der Waals surface area contributed by atoms with Crippen LogP contribution in [0.25, 0.3) is 10.8 Å². The third-order valence-electron chi connectivity index (χ3n) is 5.25. The van der Waals surface area contributed by atoms with Crippen LogP contribution in [-0.2, 0) is 10.1 Å². The summed E-state index contributed by atoms with van der Waals surface area (Å²) >= 11 is 0. The van der Waals surface area contributed by atoms with Crippen LogP contribution in [-0.4, -0.2) is 38.1 Å². The van der Waals surface area contributed by atoms with Crippen molar-refractivity contribution < 1.29 is 22.9 Å². The van der Waals surface area contributed by atoms with Crippen LogP contribution in [0.1, 0.15) is 10.4 Å². The number of carbonyl (C=O) groups excluding carboxylic acids is 1. The van der Waals surface area contributed by atoms with Crippen LogP contribution in [0.2, 0.25) is 0 Å². The number of benzene rings is 4. The molecule has 4 rings (SSSR count). The number of nitrogens with one attached hydrogen (secondary N) is 1. The van der Waals surface area contributed by atoms with Gasteiger partial charge in [0, 0.05) is 24.9 Å². The van der Waals surface area contributed by atoms with Gasteiger partial charge in [-0.25, -0.2) is 8.42 Å². The molecule has 178 valence electrons. The molecule has 0 fully saturated rings. The monoisotopic (exact) mass is 489 g/mol. The predicted octanol–water partition coefficient (Wildman–Crippen LogP) is 5.18. The lowest BCUT2D eigenvalue weighted by atomic mass is 10.0. The molecule has 0 aliphatic rings. The number of rotatable bonds is 6. The zero-order valence-electron chi connectivity index (χ0n) is 18.8. The number of nitrogens with zero attached hydrogens (tertiary/aromatic N) is 3. The Kier molecular flexibility index (Phi) is 6.50. The Morgan fingerprint density at radius 1 is 0.914 bits per heavy atom. The Labute approximate surface area is 202 Å².